The van der Waals surface area contributed by atoms with E-state index in [9.17, 15) is 13.6 Å². The van der Waals surface area contributed by atoms with Gasteiger partial charge in [0.15, 0.2) is 0 Å². The number of halogens is 2. The van der Waals surface area contributed by atoms with Crippen LogP contribution in [0.4, 0.5) is 8.78 Å². The molecule has 2 aromatic carbocycles. The molecule has 0 bridgehead atoms. The molecule has 0 aliphatic rings. The van der Waals surface area contributed by atoms with Gasteiger partial charge < -0.3 is 9.84 Å². The Labute approximate surface area is 108 Å². The fourth-order valence-electron chi connectivity index (χ4n) is 1.77. The Balaban J connectivity index is 2.62. The van der Waals surface area contributed by atoms with Crippen LogP contribution < -0.4 is 4.74 Å². The average Bonchev–Trinajstić information content (AvgIpc) is 2.39. The molecular weight excluding hydrogens is 254 g/mol. The van der Waals surface area contributed by atoms with E-state index in [1.807, 2.05) is 0 Å². The molecule has 0 heterocycles. The minimum absolute atomic E-state index is 0.0817. The summed E-state index contributed by atoms with van der Waals surface area (Å²) in [5.74, 6) is -2.31. The maximum absolute atomic E-state index is 13.9. The maximum atomic E-state index is 13.9. The lowest BCUT2D eigenvalue weighted by Crippen LogP contribution is -2.01. The summed E-state index contributed by atoms with van der Waals surface area (Å²) in [6.45, 7) is 0. The Morgan fingerprint density at radius 1 is 1.11 bits per heavy atom. The van der Waals surface area contributed by atoms with Gasteiger partial charge in [0.1, 0.15) is 17.4 Å². The Bertz CT molecular complexity index is 639. The van der Waals surface area contributed by atoms with Crippen molar-refractivity contribution in [2.45, 2.75) is 0 Å². The number of carbonyl (C=O) groups is 1. The minimum atomic E-state index is -1.32. The summed E-state index contributed by atoms with van der Waals surface area (Å²) in [5.41, 5.74) is -0.0867. The van der Waals surface area contributed by atoms with Crippen LogP contribution in [0.2, 0.25) is 0 Å². The molecule has 0 saturated heterocycles. The van der Waals surface area contributed by atoms with Crippen LogP contribution in [0, 0.1) is 11.6 Å². The summed E-state index contributed by atoms with van der Waals surface area (Å²) in [5, 5.41) is 9.03. The third-order valence-electron chi connectivity index (χ3n) is 2.68. The molecule has 0 atom stereocenters. The van der Waals surface area contributed by atoms with Gasteiger partial charge in [0.05, 0.1) is 12.7 Å². The predicted octanol–water partition coefficient (Wildman–Crippen LogP) is 3.34. The summed E-state index contributed by atoms with van der Waals surface area (Å²) in [6, 6.07) is 7.24. The first-order valence-electron chi connectivity index (χ1n) is 5.39. The first kappa shape index (κ1) is 13.0. The third kappa shape index (κ3) is 2.54. The first-order valence-corrected chi connectivity index (χ1v) is 5.39. The lowest BCUT2D eigenvalue weighted by molar-refractivity contribution is 0.0697. The summed E-state index contributed by atoms with van der Waals surface area (Å²) < 4.78 is 31.8. The van der Waals surface area contributed by atoms with Gasteiger partial charge in [-0.2, -0.15) is 0 Å². The van der Waals surface area contributed by atoms with Gasteiger partial charge in [-0.15, -0.1) is 0 Å². The zero-order chi connectivity index (χ0) is 14.0. The van der Waals surface area contributed by atoms with Gasteiger partial charge in [0.2, 0.25) is 0 Å². The molecule has 1 N–H and O–H groups in total. The number of aromatic carboxylic acids is 1. The molecule has 0 spiro atoms. The van der Waals surface area contributed by atoms with Crippen LogP contribution in [0.3, 0.4) is 0 Å². The monoisotopic (exact) mass is 264 g/mol. The molecule has 2 aromatic rings. The molecule has 98 valence electrons. The van der Waals surface area contributed by atoms with Gasteiger partial charge in [-0.25, -0.2) is 13.6 Å². The normalized spacial score (nSPS) is 10.3. The van der Waals surface area contributed by atoms with Gasteiger partial charge in [0, 0.05) is 11.6 Å². The SMILES string of the molecule is COc1ccc(-c2ccc(F)cc2C(=O)O)c(F)c1. The number of hydrogen-bond donors (Lipinski definition) is 1. The van der Waals surface area contributed by atoms with Crippen molar-refractivity contribution < 1.29 is 23.4 Å². The van der Waals surface area contributed by atoms with E-state index >= 15 is 0 Å². The van der Waals surface area contributed by atoms with E-state index in [0.717, 1.165) is 18.2 Å². The van der Waals surface area contributed by atoms with E-state index in [1.165, 1.54) is 25.3 Å². The van der Waals surface area contributed by atoms with Crippen molar-refractivity contribution in [1.29, 1.82) is 0 Å². The highest BCUT2D eigenvalue weighted by Gasteiger charge is 2.16. The summed E-state index contributed by atoms with van der Waals surface area (Å²) >= 11 is 0. The molecule has 0 unspecified atom stereocenters. The van der Waals surface area contributed by atoms with Crippen LogP contribution >= 0.6 is 0 Å². The molecule has 5 heteroatoms. The van der Waals surface area contributed by atoms with Crippen molar-refractivity contribution in [2.75, 3.05) is 7.11 Å². The van der Waals surface area contributed by atoms with Crippen molar-refractivity contribution in [3.8, 4) is 16.9 Å². The van der Waals surface area contributed by atoms with Crippen LogP contribution in [0.5, 0.6) is 5.75 Å². The molecule has 2 rings (SSSR count). The molecule has 0 aromatic heterocycles. The summed E-state index contributed by atoms with van der Waals surface area (Å²) in [4.78, 5) is 11.1. The standard InChI is InChI=1S/C14H10F2O3/c1-19-9-3-5-11(13(16)7-9)10-4-2-8(15)6-12(10)14(17)18/h2-7H,1H3,(H,17,18). The second-order valence-corrected chi connectivity index (χ2v) is 3.84. The Kier molecular flexibility index (Phi) is 3.46. The van der Waals surface area contributed by atoms with Crippen molar-refractivity contribution in [1.82, 2.24) is 0 Å². The number of methoxy groups -OCH3 is 1. The predicted molar refractivity (Wildman–Crippen MR) is 65.3 cm³/mol. The topological polar surface area (TPSA) is 46.5 Å². The zero-order valence-electron chi connectivity index (χ0n) is 9.98. The highest BCUT2D eigenvalue weighted by atomic mass is 19.1. The fourth-order valence-corrected chi connectivity index (χ4v) is 1.77. The average molecular weight is 264 g/mol. The molecule has 0 amide bonds. The Hall–Kier alpha value is -2.43. The Morgan fingerprint density at radius 2 is 1.79 bits per heavy atom. The second-order valence-electron chi connectivity index (χ2n) is 3.84. The summed E-state index contributed by atoms with van der Waals surface area (Å²) in [6.07, 6.45) is 0. The van der Waals surface area contributed by atoms with Gasteiger partial charge in [-0.1, -0.05) is 6.07 Å². The molecule has 0 saturated carbocycles. The van der Waals surface area contributed by atoms with E-state index in [-0.39, 0.29) is 16.7 Å². The van der Waals surface area contributed by atoms with E-state index in [2.05, 4.69) is 0 Å². The molecule has 19 heavy (non-hydrogen) atoms. The molecule has 0 radical (unpaired) electrons. The largest absolute Gasteiger partial charge is 0.497 e. The van der Waals surface area contributed by atoms with Crippen molar-refractivity contribution >= 4 is 5.97 Å². The van der Waals surface area contributed by atoms with Crippen LogP contribution in [0.25, 0.3) is 11.1 Å². The van der Waals surface area contributed by atoms with Crippen LogP contribution in [-0.4, -0.2) is 18.2 Å². The zero-order valence-corrected chi connectivity index (χ0v) is 9.98. The van der Waals surface area contributed by atoms with Gasteiger partial charge >= 0.3 is 5.97 Å². The van der Waals surface area contributed by atoms with Crippen LogP contribution in [0.1, 0.15) is 10.4 Å². The minimum Gasteiger partial charge on any atom is -0.497 e. The van der Waals surface area contributed by atoms with E-state index in [1.54, 1.807) is 0 Å². The van der Waals surface area contributed by atoms with Crippen LogP contribution in [-0.2, 0) is 0 Å². The van der Waals surface area contributed by atoms with E-state index in [4.69, 9.17) is 9.84 Å². The first-order chi connectivity index (χ1) is 9.02. The number of hydrogen-bond acceptors (Lipinski definition) is 2. The van der Waals surface area contributed by atoms with Crippen LogP contribution in [0.15, 0.2) is 36.4 Å². The van der Waals surface area contributed by atoms with E-state index < -0.39 is 17.6 Å². The second kappa shape index (κ2) is 5.06. The lowest BCUT2D eigenvalue weighted by Gasteiger charge is -2.09. The van der Waals surface area contributed by atoms with Crippen molar-refractivity contribution in [3.63, 3.8) is 0 Å². The number of ether oxygens (including phenoxy) is 1. The number of rotatable bonds is 3. The number of carboxylic acids is 1. The molecule has 3 nitrogen and oxygen atoms in total. The third-order valence-corrected chi connectivity index (χ3v) is 2.68. The molecule has 0 aliphatic heterocycles. The van der Waals surface area contributed by atoms with E-state index in [0.29, 0.717) is 5.75 Å². The fraction of sp³-hybridized carbons (Fsp3) is 0.0714. The Morgan fingerprint density at radius 3 is 2.37 bits per heavy atom. The molecule has 0 aliphatic carbocycles. The van der Waals surface area contributed by atoms with Gasteiger partial charge in [-0.05, 0) is 29.8 Å². The molecular formula is C14H10F2O3. The highest BCUT2D eigenvalue weighted by Crippen LogP contribution is 2.29. The van der Waals surface area contributed by atoms with Crippen molar-refractivity contribution in [3.05, 3.63) is 53.6 Å². The smallest absolute Gasteiger partial charge is 0.336 e. The number of carboxylic acid groups (broad SMARTS) is 1. The van der Waals surface area contributed by atoms with Gasteiger partial charge in [0.25, 0.3) is 0 Å². The molecule has 0 fully saturated rings. The summed E-state index contributed by atoms with van der Waals surface area (Å²) in [7, 11) is 1.40. The quantitative estimate of drug-likeness (QED) is 0.924. The number of benzene rings is 2. The lowest BCUT2D eigenvalue weighted by atomic mass is 9.99. The maximum Gasteiger partial charge on any atom is 0.336 e. The van der Waals surface area contributed by atoms with Crippen molar-refractivity contribution in [2.24, 2.45) is 0 Å². The van der Waals surface area contributed by atoms with Gasteiger partial charge in [-0.3, -0.25) is 0 Å². The highest BCUT2D eigenvalue weighted by molar-refractivity contribution is 5.96.